The van der Waals surface area contributed by atoms with Crippen LogP contribution in [-0.2, 0) is 10.0 Å². The minimum Gasteiger partial charge on any atom is -0.397 e. The summed E-state index contributed by atoms with van der Waals surface area (Å²) in [5.74, 6) is 0. The number of aromatic nitrogens is 2. The van der Waals surface area contributed by atoms with E-state index in [2.05, 4.69) is 10.2 Å². The van der Waals surface area contributed by atoms with Crippen molar-refractivity contribution in [3.8, 4) is 0 Å². The summed E-state index contributed by atoms with van der Waals surface area (Å²) in [6.45, 7) is 1.84. The van der Waals surface area contributed by atoms with E-state index >= 15 is 0 Å². The molecule has 0 saturated carbocycles. The molecule has 0 aliphatic heterocycles. The summed E-state index contributed by atoms with van der Waals surface area (Å²) in [7, 11) is -3.81. The number of nitrogens with two attached hydrogens (primary N) is 2. The van der Waals surface area contributed by atoms with E-state index < -0.39 is 10.0 Å². The zero-order chi connectivity index (χ0) is 13.3. The van der Waals surface area contributed by atoms with Crippen LogP contribution in [0.4, 0.5) is 5.69 Å². The minimum absolute atomic E-state index is 0.0752. The highest BCUT2D eigenvalue weighted by Gasteiger charge is 2.16. The second kappa shape index (κ2) is 4.84. The van der Waals surface area contributed by atoms with Gasteiger partial charge in [-0.15, -0.1) is 10.2 Å². The fourth-order valence-corrected chi connectivity index (χ4v) is 3.87. The van der Waals surface area contributed by atoms with Crippen LogP contribution in [0.3, 0.4) is 0 Å². The summed E-state index contributed by atoms with van der Waals surface area (Å²) >= 11 is 2.67. The Hall–Kier alpha value is -1.16. The molecular weight excluding hydrogens is 292 g/mol. The van der Waals surface area contributed by atoms with Gasteiger partial charge in [0, 0.05) is 4.90 Å². The van der Waals surface area contributed by atoms with E-state index in [0.717, 1.165) is 5.01 Å². The van der Waals surface area contributed by atoms with E-state index in [4.69, 9.17) is 10.9 Å². The third kappa shape index (κ3) is 2.80. The molecule has 0 bridgehead atoms. The van der Waals surface area contributed by atoms with Crippen LogP contribution < -0.4 is 10.9 Å². The van der Waals surface area contributed by atoms with Gasteiger partial charge in [-0.05, 0) is 19.1 Å². The molecule has 1 aromatic heterocycles. The predicted molar refractivity (Wildman–Crippen MR) is 71.0 cm³/mol. The number of benzene rings is 1. The Balaban J connectivity index is 2.41. The number of rotatable bonds is 3. The molecule has 0 saturated heterocycles. The van der Waals surface area contributed by atoms with Crippen molar-refractivity contribution in [3.05, 3.63) is 23.2 Å². The van der Waals surface area contributed by atoms with Crippen LogP contribution in [0.15, 0.2) is 32.3 Å². The highest BCUT2D eigenvalue weighted by molar-refractivity contribution is 8.01. The Morgan fingerprint density at radius 2 is 2.06 bits per heavy atom. The predicted octanol–water partition coefficient (Wildman–Crippen LogP) is 1.23. The number of primary sulfonamides is 1. The maximum atomic E-state index is 11.3. The Bertz CT molecular complexity index is 681. The number of aryl methyl sites for hydroxylation is 1. The minimum atomic E-state index is -3.81. The smallest absolute Gasteiger partial charge is 0.240 e. The molecule has 6 nitrogen and oxygen atoms in total. The molecule has 0 atom stereocenters. The molecule has 0 spiro atoms. The Kier molecular flexibility index (Phi) is 3.57. The lowest BCUT2D eigenvalue weighted by Gasteiger charge is -2.07. The molecule has 9 heteroatoms. The van der Waals surface area contributed by atoms with Gasteiger partial charge in [0.1, 0.15) is 9.90 Å². The number of hydrogen-bond donors (Lipinski definition) is 2. The Labute approximate surface area is 112 Å². The van der Waals surface area contributed by atoms with Crippen LogP contribution in [0.5, 0.6) is 0 Å². The molecule has 18 heavy (non-hydrogen) atoms. The first-order valence-corrected chi connectivity index (χ1v) is 7.95. The van der Waals surface area contributed by atoms with Crippen molar-refractivity contribution in [2.24, 2.45) is 5.14 Å². The SMILES string of the molecule is Cc1nnc(Sc2cccc(S(N)(=O)=O)c2N)s1. The lowest BCUT2D eigenvalue weighted by molar-refractivity contribution is 0.598. The van der Waals surface area contributed by atoms with E-state index in [1.807, 2.05) is 6.92 Å². The van der Waals surface area contributed by atoms with Crippen molar-refractivity contribution in [2.45, 2.75) is 21.1 Å². The first kappa shape index (κ1) is 13.3. The van der Waals surface area contributed by atoms with Crippen molar-refractivity contribution in [2.75, 3.05) is 5.73 Å². The van der Waals surface area contributed by atoms with Crippen molar-refractivity contribution >= 4 is 38.8 Å². The molecular formula is C9H10N4O2S3. The average Bonchev–Trinajstić information content (AvgIpc) is 2.65. The van der Waals surface area contributed by atoms with Gasteiger partial charge in [-0.25, -0.2) is 13.6 Å². The van der Waals surface area contributed by atoms with Gasteiger partial charge in [-0.3, -0.25) is 0 Å². The van der Waals surface area contributed by atoms with E-state index in [0.29, 0.717) is 9.24 Å². The molecule has 4 N–H and O–H groups in total. The van der Waals surface area contributed by atoms with Gasteiger partial charge in [-0.2, -0.15) is 0 Å². The zero-order valence-electron chi connectivity index (χ0n) is 9.32. The number of nitrogen functional groups attached to an aromatic ring is 1. The van der Waals surface area contributed by atoms with Crippen LogP contribution in [0, 0.1) is 6.92 Å². The average molecular weight is 302 g/mol. The molecule has 0 radical (unpaired) electrons. The van der Waals surface area contributed by atoms with Gasteiger partial charge in [0.25, 0.3) is 0 Å². The van der Waals surface area contributed by atoms with Crippen LogP contribution in [0.2, 0.25) is 0 Å². The highest BCUT2D eigenvalue weighted by atomic mass is 32.2. The second-order valence-electron chi connectivity index (χ2n) is 3.40. The van der Waals surface area contributed by atoms with Gasteiger partial charge in [0.2, 0.25) is 10.0 Å². The lowest BCUT2D eigenvalue weighted by Crippen LogP contribution is -2.14. The normalized spacial score (nSPS) is 11.7. The van der Waals surface area contributed by atoms with Gasteiger partial charge >= 0.3 is 0 Å². The molecule has 2 rings (SSSR count). The number of anilines is 1. The first-order valence-electron chi connectivity index (χ1n) is 4.77. The number of sulfonamides is 1. The lowest BCUT2D eigenvalue weighted by atomic mass is 10.3. The molecule has 96 valence electrons. The monoisotopic (exact) mass is 302 g/mol. The fourth-order valence-electron chi connectivity index (χ4n) is 1.27. The standard InChI is InChI=1S/C9H10N4O2S3/c1-5-12-13-9(16-5)17-6-3-2-4-7(8(6)10)18(11,14)15/h2-4H,10H2,1H3,(H2,11,14,15). The van der Waals surface area contributed by atoms with Gasteiger partial charge in [-0.1, -0.05) is 29.2 Å². The van der Waals surface area contributed by atoms with Crippen molar-refractivity contribution in [3.63, 3.8) is 0 Å². The molecule has 1 heterocycles. The van der Waals surface area contributed by atoms with Crippen LogP contribution in [-0.4, -0.2) is 18.6 Å². The van der Waals surface area contributed by atoms with Crippen LogP contribution in [0.1, 0.15) is 5.01 Å². The third-order valence-electron chi connectivity index (χ3n) is 2.04. The van der Waals surface area contributed by atoms with E-state index in [1.165, 1.54) is 29.2 Å². The summed E-state index contributed by atoms with van der Waals surface area (Å²) in [5, 5.41) is 13.7. The molecule has 2 aromatic rings. The number of hydrogen-bond acceptors (Lipinski definition) is 7. The highest BCUT2D eigenvalue weighted by Crippen LogP contribution is 2.36. The topological polar surface area (TPSA) is 112 Å². The van der Waals surface area contributed by atoms with Crippen LogP contribution >= 0.6 is 23.1 Å². The molecule has 0 amide bonds. The third-order valence-corrected chi connectivity index (χ3v) is 4.97. The van der Waals surface area contributed by atoms with E-state index in [1.54, 1.807) is 12.1 Å². The van der Waals surface area contributed by atoms with Crippen LogP contribution in [0.25, 0.3) is 0 Å². The van der Waals surface area contributed by atoms with Crippen molar-refractivity contribution < 1.29 is 8.42 Å². The molecule has 0 fully saturated rings. The quantitative estimate of drug-likeness (QED) is 0.825. The Morgan fingerprint density at radius 3 is 2.61 bits per heavy atom. The van der Waals surface area contributed by atoms with Gasteiger partial charge in [0.05, 0.1) is 5.69 Å². The zero-order valence-corrected chi connectivity index (χ0v) is 11.8. The second-order valence-corrected chi connectivity index (χ2v) is 7.40. The molecule has 0 unspecified atom stereocenters. The molecule has 0 aliphatic rings. The first-order chi connectivity index (χ1) is 8.38. The summed E-state index contributed by atoms with van der Waals surface area (Å²) in [6.07, 6.45) is 0. The van der Waals surface area contributed by atoms with Gasteiger partial charge < -0.3 is 5.73 Å². The van der Waals surface area contributed by atoms with E-state index in [-0.39, 0.29) is 10.6 Å². The molecule has 0 aliphatic carbocycles. The maximum Gasteiger partial charge on any atom is 0.240 e. The van der Waals surface area contributed by atoms with Crippen molar-refractivity contribution in [1.29, 1.82) is 0 Å². The Morgan fingerprint density at radius 1 is 1.33 bits per heavy atom. The summed E-state index contributed by atoms with van der Waals surface area (Å²) in [6, 6.07) is 4.68. The number of para-hydroxylation sites is 1. The van der Waals surface area contributed by atoms with Crippen molar-refractivity contribution in [1.82, 2.24) is 10.2 Å². The largest absolute Gasteiger partial charge is 0.397 e. The summed E-state index contributed by atoms with van der Waals surface area (Å²) in [4.78, 5) is 0.520. The van der Waals surface area contributed by atoms with E-state index in [9.17, 15) is 8.42 Å². The molecule has 1 aromatic carbocycles. The maximum absolute atomic E-state index is 11.3. The number of nitrogens with zero attached hydrogens (tertiary/aromatic N) is 2. The summed E-state index contributed by atoms with van der Waals surface area (Å²) < 4.78 is 23.4. The fraction of sp³-hybridized carbons (Fsp3) is 0.111. The summed E-state index contributed by atoms with van der Waals surface area (Å²) in [5.41, 5.74) is 5.94. The van der Waals surface area contributed by atoms with Gasteiger partial charge in [0.15, 0.2) is 4.34 Å².